The molecule has 8 heteroatoms. The first-order valence-corrected chi connectivity index (χ1v) is 12.2. The van der Waals surface area contributed by atoms with Crippen molar-refractivity contribution in [2.24, 2.45) is 5.92 Å². The average Bonchev–Trinajstić information content (AvgIpc) is 3.01. The first-order valence-electron chi connectivity index (χ1n) is 11.2. The van der Waals surface area contributed by atoms with Crippen molar-refractivity contribution in [1.82, 2.24) is 20.1 Å². The van der Waals surface area contributed by atoms with Crippen LogP contribution >= 0.6 is 11.8 Å². The molecular weight excluding hydrogens is 436 g/mol. The zero-order chi connectivity index (χ0) is 23.4. The van der Waals surface area contributed by atoms with Crippen LogP contribution in [0.15, 0.2) is 47.6 Å². The van der Waals surface area contributed by atoms with E-state index >= 15 is 0 Å². The number of fused-ring (bicyclic) bond motifs is 1. The number of rotatable bonds is 7. The van der Waals surface area contributed by atoms with E-state index in [0.717, 1.165) is 35.0 Å². The Labute approximate surface area is 198 Å². The van der Waals surface area contributed by atoms with Gasteiger partial charge in [-0.3, -0.25) is 9.36 Å². The summed E-state index contributed by atoms with van der Waals surface area (Å²) in [4.78, 5) is 12.9. The molecule has 1 aliphatic rings. The summed E-state index contributed by atoms with van der Waals surface area (Å²) in [5.41, 5.74) is 3.18. The van der Waals surface area contributed by atoms with Gasteiger partial charge in [0.2, 0.25) is 5.91 Å². The number of carbonyl (C=O) groups is 1. The Bertz CT molecular complexity index is 1110. The quantitative estimate of drug-likeness (QED) is 0.511. The highest BCUT2D eigenvalue weighted by molar-refractivity contribution is 7.99. The van der Waals surface area contributed by atoms with Gasteiger partial charge in [0.05, 0.1) is 25.0 Å². The van der Waals surface area contributed by atoms with Gasteiger partial charge in [-0.1, -0.05) is 49.4 Å². The predicted molar refractivity (Wildman–Crippen MR) is 129 cm³/mol. The van der Waals surface area contributed by atoms with Crippen LogP contribution in [0, 0.1) is 19.8 Å². The number of thioether (sulfide) groups is 1. The molecule has 0 radical (unpaired) electrons. The first kappa shape index (κ1) is 23.2. The molecule has 0 fully saturated rings. The fourth-order valence-corrected chi connectivity index (χ4v) is 4.59. The van der Waals surface area contributed by atoms with Crippen LogP contribution in [0.25, 0.3) is 5.69 Å². The van der Waals surface area contributed by atoms with Gasteiger partial charge in [0.25, 0.3) is 0 Å². The third-order valence-electron chi connectivity index (χ3n) is 5.53. The van der Waals surface area contributed by atoms with Gasteiger partial charge in [-0.15, -0.1) is 10.2 Å². The maximum atomic E-state index is 12.9. The van der Waals surface area contributed by atoms with Gasteiger partial charge in [-0.25, -0.2) is 0 Å². The van der Waals surface area contributed by atoms with E-state index < -0.39 is 0 Å². The maximum absolute atomic E-state index is 12.9. The summed E-state index contributed by atoms with van der Waals surface area (Å²) in [5, 5.41) is 12.4. The number of aryl methyl sites for hydroxylation is 2. The van der Waals surface area contributed by atoms with Crippen LogP contribution in [0.5, 0.6) is 11.5 Å². The molecule has 174 valence electrons. The van der Waals surface area contributed by atoms with E-state index in [-0.39, 0.29) is 23.6 Å². The summed E-state index contributed by atoms with van der Waals surface area (Å²) in [7, 11) is 0. The lowest BCUT2D eigenvalue weighted by Crippen LogP contribution is -2.33. The second-order valence-corrected chi connectivity index (χ2v) is 9.48. The van der Waals surface area contributed by atoms with Crippen molar-refractivity contribution >= 4 is 17.7 Å². The molecular formula is C25H30N4O3S. The number of aromatic nitrogens is 3. The molecule has 7 nitrogen and oxygen atoms in total. The highest BCUT2D eigenvalue weighted by atomic mass is 32.2. The van der Waals surface area contributed by atoms with Gasteiger partial charge in [-0.2, -0.15) is 0 Å². The van der Waals surface area contributed by atoms with E-state index in [1.165, 1.54) is 17.3 Å². The molecule has 1 amide bonds. The van der Waals surface area contributed by atoms with Crippen LogP contribution in [0.4, 0.5) is 0 Å². The number of hydrogen-bond donors (Lipinski definition) is 1. The molecule has 0 bridgehead atoms. The Balaban J connectivity index is 1.45. The van der Waals surface area contributed by atoms with Crippen molar-refractivity contribution in [3.05, 3.63) is 59.4 Å². The predicted octanol–water partition coefficient (Wildman–Crippen LogP) is 4.65. The summed E-state index contributed by atoms with van der Waals surface area (Å²) < 4.78 is 13.5. The monoisotopic (exact) mass is 466 g/mol. The molecule has 0 saturated heterocycles. The van der Waals surface area contributed by atoms with Gasteiger partial charge < -0.3 is 14.8 Å². The van der Waals surface area contributed by atoms with Gasteiger partial charge in [-0.05, 0) is 49.6 Å². The van der Waals surface area contributed by atoms with E-state index in [9.17, 15) is 4.79 Å². The molecule has 4 rings (SSSR count). The number of nitrogens with zero attached hydrogens (tertiary/aromatic N) is 3. The van der Waals surface area contributed by atoms with Gasteiger partial charge in [0, 0.05) is 12.1 Å². The highest BCUT2D eigenvalue weighted by Crippen LogP contribution is 2.34. The Morgan fingerprint density at radius 1 is 1.06 bits per heavy atom. The fourth-order valence-electron chi connectivity index (χ4n) is 3.78. The zero-order valence-electron chi connectivity index (χ0n) is 19.5. The van der Waals surface area contributed by atoms with Crippen LogP contribution in [-0.2, 0) is 4.79 Å². The van der Waals surface area contributed by atoms with Crippen LogP contribution in [0.3, 0.4) is 0 Å². The third-order valence-corrected chi connectivity index (χ3v) is 6.46. The normalized spacial score (nSPS) is 14.1. The number of benzene rings is 2. The SMILES string of the molecule is Cc1ccc(-n2c(C)nnc2SCC(=O)N[C@@H](c2ccc3c(c2)OCCCO3)C(C)C)cc1. The van der Waals surface area contributed by atoms with E-state index in [1.807, 2.05) is 41.8 Å². The summed E-state index contributed by atoms with van der Waals surface area (Å²) >= 11 is 1.38. The Hall–Kier alpha value is -3.00. The molecule has 1 aliphatic heterocycles. The topological polar surface area (TPSA) is 78.3 Å². The Morgan fingerprint density at radius 2 is 1.79 bits per heavy atom. The molecule has 2 aromatic carbocycles. The van der Waals surface area contributed by atoms with E-state index in [4.69, 9.17) is 9.47 Å². The van der Waals surface area contributed by atoms with Crippen molar-refractivity contribution in [2.45, 2.75) is 45.3 Å². The second kappa shape index (κ2) is 10.3. The molecule has 1 aromatic heterocycles. The molecule has 0 unspecified atom stereocenters. The standard InChI is InChI=1S/C25H30N4O3S/c1-16(2)24(19-8-11-21-22(14-19)32-13-5-12-31-21)26-23(30)15-33-25-28-27-18(4)29(25)20-9-6-17(3)7-10-20/h6-11,14,16,24H,5,12-13,15H2,1-4H3,(H,26,30)/t24-/m1/s1. The number of amides is 1. The number of nitrogens with one attached hydrogen (secondary N) is 1. The third kappa shape index (κ3) is 5.50. The minimum Gasteiger partial charge on any atom is -0.490 e. The van der Waals surface area contributed by atoms with Crippen molar-refractivity contribution in [3.63, 3.8) is 0 Å². The summed E-state index contributed by atoms with van der Waals surface area (Å²) in [5.74, 6) is 2.68. The van der Waals surface area contributed by atoms with Crippen LogP contribution < -0.4 is 14.8 Å². The van der Waals surface area contributed by atoms with Gasteiger partial charge in [0.1, 0.15) is 5.82 Å². The van der Waals surface area contributed by atoms with Crippen LogP contribution in [0.2, 0.25) is 0 Å². The van der Waals surface area contributed by atoms with Crippen molar-refractivity contribution in [2.75, 3.05) is 19.0 Å². The van der Waals surface area contributed by atoms with E-state index in [2.05, 4.69) is 48.4 Å². The molecule has 1 atom stereocenters. The minimum absolute atomic E-state index is 0.0538. The van der Waals surface area contributed by atoms with Gasteiger partial charge >= 0.3 is 0 Å². The van der Waals surface area contributed by atoms with Crippen LogP contribution in [-0.4, -0.2) is 39.6 Å². The largest absolute Gasteiger partial charge is 0.490 e. The lowest BCUT2D eigenvalue weighted by molar-refractivity contribution is -0.119. The number of ether oxygens (including phenoxy) is 2. The van der Waals surface area contributed by atoms with Crippen molar-refractivity contribution in [3.8, 4) is 17.2 Å². The maximum Gasteiger partial charge on any atom is 0.230 e. The molecule has 33 heavy (non-hydrogen) atoms. The smallest absolute Gasteiger partial charge is 0.230 e. The summed E-state index contributed by atoms with van der Waals surface area (Å²) in [6.07, 6.45) is 0.859. The summed E-state index contributed by atoms with van der Waals surface area (Å²) in [6, 6.07) is 14.0. The molecule has 0 saturated carbocycles. The van der Waals surface area contributed by atoms with E-state index in [0.29, 0.717) is 18.4 Å². The fraction of sp³-hybridized carbons (Fsp3) is 0.400. The van der Waals surface area contributed by atoms with Gasteiger partial charge in [0.15, 0.2) is 16.7 Å². The molecule has 1 N–H and O–H groups in total. The highest BCUT2D eigenvalue weighted by Gasteiger charge is 2.22. The Morgan fingerprint density at radius 3 is 2.52 bits per heavy atom. The number of hydrogen-bond acceptors (Lipinski definition) is 6. The lowest BCUT2D eigenvalue weighted by atomic mass is 9.95. The molecule has 0 spiro atoms. The first-order chi connectivity index (χ1) is 15.9. The van der Waals surface area contributed by atoms with Crippen molar-refractivity contribution in [1.29, 1.82) is 0 Å². The van der Waals surface area contributed by atoms with Crippen LogP contribution in [0.1, 0.15) is 43.3 Å². The molecule has 2 heterocycles. The number of carbonyl (C=O) groups excluding carboxylic acids is 1. The second-order valence-electron chi connectivity index (χ2n) is 8.54. The molecule has 3 aromatic rings. The average molecular weight is 467 g/mol. The zero-order valence-corrected chi connectivity index (χ0v) is 20.3. The van der Waals surface area contributed by atoms with E-state index in [1.54, 1.807) is 0 Å². The van der Waals surface area contributed by atoms with Crippen molar-refractivity contribution < 1.29 is 14.3 Å². The minimum atomic E-state index is -0.132. The summed E-state index contributed by atoms with van der Waals surface area (Å²) in [6.45, 7) is 9.44. The Kier molecular flexibility index (Phi) is 7.23. The molecule has 0 aliphatic carbocycles. The lowest BCUT2D eigenvalue weighted by Gasteiger charge is -2.24.